The Morgan fingerprint density at radius 1 is 1.33 bits per heavy atom. The van der Waals surface area contributed by atoms with Gasteiger partial charge in [0.1, 0.15) is 18.3 Å². The first kappa shape index (κ1) is 12.1. The average Bonchev–Trinajstić information content (AvgIpc) is 2.07. The summed E-state index contributed by atoms with van der Waals surface area (Å²) < 4.78 is 30.4. The zero-order chi connectivity index (χ0) is 11.5. The number of rotatable bonds is 3. The Bertz CT molecular complexity index is 253. The van der Waals surface area contributed by atoms with Gasteiger partial charge in [0.05, 0.1) is 0 Å². The molecule has 1 saturated carbocycles. The van der Waals surface area contributed by atoms with Crippen LogP contribution in [0.2, 0.25) is 0 Å². The molecule has 15 heavy (non-hydrogen) atoms. The van der Waals surface area contributed by atoms with Gasteiger partial charge in [-0.3, -0.25) is 9.59 Å². The third kappa shape index (κ3) is 4.36. The summed E-state index contributed by atoms with van der Waals surface area (Å²) in [7, 11) is 0. The molecule has 0 heterocycles. The highest BCUT2D eigenvalue weighted by atomic mass is 19.3. The summed E-state index contributed by atoms with van der Waals surface area (Å²) in [6.45, 7) is 1.29. The fraction of sp³-hybridized carbons (Fsp3) is 0.800. The van der Waals surface area contributed by atoms with Crippen molar-refractivity contribution in [3.05, 3.63) is 0 Å². The molecule has 3 nitrogen and oxygen atoms in total. The van der Waals surface area contributed by atoms with E-state index in [2.05, 4.69) is 0 Å². The number of carbonyl (C=O) groups is 2. The smallest absolute Gasteiger partial charge is 0.313 e. The van der Waals surface area contributed by atoms with Crippen molar-refractivity contribution >= 4 is 11.8 Å². The van der Waals surface area contributed by atoms with Crippen molar-refractivity contribution in [1.29, 1.82) is 0 Å². The second-order valence-electron chi connectivity index (χ2n) is 3.92. The Hall–Kier alpha value is -1.00. The second kappa shape index (κ2) is 4.68. The maximum atomic E-state index is 12.7. The minimum atomic E-state index is -2.62. The molecule has 0 bridgehead atoms. The van der Waals surface area contributed by atoms with Gasteiger partial charge in [-0.25, -0.2) is 8.78 Å². The van der Waals surface area contributed by atoms with E-state index in [-0.39, 0.29) is 37.9 Å². The molecule has 1 fully saturated rings. The highest BCUT2D eigenvalue weighted by molar-refractivity contribution is 5.94. The van der Waals surface area contributed by atoms with Gasteiger partial charge in [0.15, 0.2) is 0 Å². The van der Waals surface area contributed by atoms with Crippen molar-refractivity contribution in [2.24, 2.45) is 0 Å². The summed E-state index contributed by atoms with van der Waals surface area (Å²) in [5, 5.41) is 0. The number of hydrogen-bond acceptors (Lipinski definition) is 3. The predicted octanol–water partition coefficient (Wildman–Crippen LogP) is 2.09. The largest absolute Gasteiger partial charge is 0.462 e. The molecular weight excluding hydrogens is 206 g/mol. The van der Waals surface area contributed by atoms with Crippen LogP contribution in [-0.4, -0.2) is 23.8 Å². The van der Waals surface area contributed by atoms with E-state index in [4.69, 9.17) is 4.74 Å². The molecule has 0 saturated heterocycles. The molecule has 5 heteroatoms. The molecule has 0 aromatic heterocycles. The lowest BCUT2D eigenvalue weighted by atomic mass is 9.94. The third-order valence-corrected chi connectivity index (χ3v) is 2.36. The number of Topliss-reactive ketones (excluding diaryl/α,β-unsaturated/α-hetero) is 1. The molecule has 0 aromatic rings. The average molecular weight is 220 g/mol. The quantitative estimate of drug-likeness (QED) is 0.540. The van der Waals surface area contributed by atoms with Gasteiger partial charge in [-0.2, -0.15) is 0 Å². The normalized spacial score (nSPS) is 21.0. The SMILES string of the molecule is CC(=O)CC(=O)OC1CCC(F)(F)CC1. The van der Waals surface area contributed by atoms with E-state index in [1.165, 1.54) is 6.92 Å². The molecule has 0 unspecified atom stereocenters. The molecule has 0 aromatic carbocycles. The topological polar surface area (TPSA) is 43.4 Å². The number of esters is 1. The first-order valence-electron chi connectivity index (χ1n) is 4.96. The number of carbonyl (C=O) groups excluding carboxylic acids is 2. The fourth-order valence-corrected chi connectivity index (χ4v) is 1.56. The molecule has 0 amide bonds. The Morgan fingerprint density at radius 2 is 1.87 bits per heavy atom. The van der Waals surface area contributed by atoms with E-state index in [0.717, 1.165) is 0 Å². The van der Waals surface area contributed by atoms with Gasteiger partial charge in [-0.15, -0.1) is 0 Å². The van der Waals surface area contributed by atoms with Crippen molar-refractivity contribution in [2.45, 2.75) is 51.1 Å². The summed E-state index contributed by atoms with van der Waals surface area (Å²) >= 11 is 0. The number of hydrogen-bond donors (Lipinski definition) is 0. The zero-order valence-electron chi connectivity index (χ0n) is 8.59. The molecule has 1 rings (SSSR count). The first-order chi connectivity index (χ1) is 6.89. The summed E-state index contributed by atoms with van der Waals surface area (Å²) in [4.78, 5) is 21.6. The minimum Gasteiger partial charge on any atom is -0.462 e. The van der Waals surface area contributed by atoms with Crippen LogP contribution < -0.4 is 0 Å². The Labute approximate surface area is 86.8 Å². The molecule has 0 aliphatic heterocycles. The summed E-state index contributed by atoms with van der Waals surface area (Å²) in [5.74, 6) is -3.51. The highest BCUT2D eigenvalue weighted by Crippen LogP contribution is 2.34. The van der Waals surface area contributed by atoms with Crippen LogP contribution in [0.1, 0.15) is 39.0 Å². The zero-order valence-corrected chi connectivity index (χ0v) is 8.59. The van der Waals surface area contributed by atoms with Gasteiger partial charge in [0, 0.05) is 12.8 Å². The van der Waals surface area contributed by atoms with Crippen LogP contribution in [0, 0.1) is 0 Å². The summed E-state index contributed by atoms with van der Waals surface area (Å²) in [6, 6.07) is 0. The van der Waals surface area contributed by atoms with Gasteiger partial charge in [-0.05, 0) is 19.8 Å². The maximum Gasteiger partial charge on any atom is 0.313 e. The number of ketones is 1. The van der Waals surface area contributed by atoms with Crippen molar-refractivity contribution in [3.63, 3.8) is 0 Å². The lowest BCUT2D eigenvalue weighted by Gasteiger charge is -2.27. The van der Waals surface area contributed by atoms with Crippen LogP contribution in [-0.2, 0) is 14.3 Å². The Kier molecular flexibility index (Phi) is 3.77. The van der Waals surface area contributed by atoms with Crippen LogP contribution in [0.4, 0.5) is 8.78 Å². The van der Waals surface area contributed by atoms with E-state index < -0.39 is 18.0 Å². The molecule has 0 N–H and O–H groups in total. The van der Waals surface area contributed by atoms with Crippen LogP contribution in [0.5, 0.6) is 0 Å². The van der Waals surface area contributed by atoms with Crippen LogP contribution in [0.25, 0.3) is 0 Å². The van der Waals surface area contributed by atoms with Gasteiger partial charge in [-0.1, -0.05) is 0 Å². The highest BCUT2D eigenvalue weighted by Gasteiger charge is 2.36. The molecule has 1 aliphatic carbocycles. The van der Waals surface area contributed by atoms with E-state index in [1.807, 2.05) is 0 Å². The first-order valence-corrected chi connectivity index (χ1v) is 4.96. The van der Waals surface area contributed by atoms with Gasteiger partial charge in [0.25, 0.3) is 0 Å². The molecule has 0 radical (unpaired) electrons. The van der Waals surface area contributed by atoms with Crippen LogP contribution in [0.15, 0.2) is 0 Å². The molecule has 1 aliphatic rings. The van der Waals surface area contributed by atoms with Crippen LogP contribution >= 0.6 is 0 Å². The van der Waals surface area contributed by atoms with Gasteiger partial charge < -0.3 is 4.74 Å². The van der Waals surface area contributed by atoms with Crippen molar-refractivity contribution < 1.29 is 23.1 Å². The lowest BCUT2D eigenvalue weighted by Crippen LogP contribution is -2.30. The third-order valence-electron chi connectivity index (χ3n) is 2.36. The van der Waals surface area contributed by atoms with Crippen molar-refractivity contribution in [3.8, 4) is 0 Å². The molecule has 0 spiro atoms. The standard InChI is InChI=1S/C10H14F2O3/c1-7(13)6-9(14)15-8-2-4-10(11,12)5-3-8/h8H,2-6H2,1H3. The van der Waals surface area contributed by atoms with E-state index in [9.17, 15) is 18.4 Å². The van der Waals surface area contributed by atoms with Crippen molar-refractivity contribution in [2.75, 3.05) is 0 Å². The Morgan fingerprint density at radius 3 is 2.33 bits per heavy atom. The van der Waals surface area contributed by atoms with Crippen molar-refractivity contribution in [1.82, 2.24) is 0 Å². The predicted molar refractivity (Wildman–Crippen MR) is 48.6 cm³/mol. The second-order valence-corrected chi connectivity index (χ2v) is 3.92. The van der Waals surface area contributed by atoms with E-state index >= 15 is 0 Å². The minimum absolute atomic E-state index is 0.177. The number of alkyl halides is 2. The Balaban J connectivity index is 2.29. The van der Waals surface area contributed by atoms with Gasteiger partial charge >= 0.3 is 5.97 Å². The summed E-state index contributed by atoms with van der Waals surface area (Å²) in [6.07, 6.45) is -0.854. The monoisotopic (exact) mass is 220 g/mol. The molecule has 0 atom stereocenters. The van der Waals surface area contributed by atoms with Gasteiger partial charge in [0.2, 0.25) is 5.92 Å². The fourth-order valence-electron chi connectivity index (χ4n) is 1.56. The van der Waals surface area contributed by atoms with E-state index in [0.29, 0.717) is 0 Å². The molecule has 86 valence electrons. The lowest BCUT2D eigenvalue weighted by molar-refractivity contribution is -0.156. The number of halogens is 2. The number of ether oxygens (including phenoxy) is 1. The van der Waals surface area contributed by atoms with E-state index in [1.54, 1.807) is 0 Å². The maximum absolute atomic E-state index is 12.7. The summed E-state index contributed by atoms with van der Waals surface area (Å²) in [5.41, 5.74) is 0. The molecular formula is C10H14F2O3. The van der Waals surface area contributed by atoms with Crippen LogP contribution in [0.3, 0.4) is 0 Å².